The van der Waals surface area contributed by atoms with Crippen LogP contribution in [-0.2, 0) is 11.2 Å². The highest BCUT2D eigenvalue weighted by Gasteiger charge is 2.22. The molecule has 1 atom stereocenters. The summed E-state index contributed by atoms with van der Waals surface area (Å²) in [5, 5.41) is 12.5. The fourth-order valence-electron chi connectivity index (χ4n) is 2.60. The SMILES string of the molecule is CCc1cn[nH]c1NC(=O)c1ccc(C2CCC(=O)N2)cc1. The van der Waals surface area contributed by atoms with Crippen LogP contribution in [0.2, 0.25) is 0 Å². The van der Waals surface area contributed by atoms with Crippen molar-refractivity contribution in [3.05, 3.63) is 47.2 Å². The summed E-state index contributed by atoms with van der Waals surface area (Å²) in [6.45, 7) is 2.01. The van der Waals surface area contributed by atoms with E-state index in [1.807, 2.05) is 19.1 Å². The molecule has 1 aliphatic heterocycles. The molecule has 3 rings (SSSR count). The number of aryl methyl sites for hydroxylation is 1. The van der Waals surface area contributed by atoms with E-state index in [0.717, 1.165) is 24.0 Å². The Hall–Kier alpha value is -2.63. The molecule has 6 heteroatoms. The molecular weight excluding hydrogens is 280 g/mol. The molecule has 0 spiro atoms. The van der Waals surface area contributed by atoms with Crippen LogP contribution in [0.1, 0.15) is 47.3 Å². The van der Waals surface area contributed by atoms with Crippen molar-refractivity contribution in [3.63, 3.8) is 0 Å². The zero-order chi connectivity index (χ0) is 15.5. The number of aromatic amines is 1. The van der Waals surface area contributed by atoms with Gasteiger partial charge in [0.15, 0.2) is 0 Å². The summed E-state index contributed by atoms with van der Waals surface area (Å²) < 4.78 is 0. The average Bonchev–Trinajstić information content (AvgIpc) is 3.16. The van der Waals surface area contributed by atoms with E-state index in [4.69, 9.17) is 0 Å². The third-order valence-electron chi connectivity index (χ3n) is 3.91. The smallest absolute Gasteiger partial charge is 0.256 e. The van der Waals surface area contributed by atoms with Crippen LogP contribution in [0.5, 0.6) is 0 Å². The molecule has 1 aliphatic rings. The minimum atomic E-state index is -0.180. The number of carbonyl (C=O) groups is 2. The topological polar surface area (TPSA) is 86.9 Å². The number of H-pyrrole nitrogens is 1. The van der Waals surface area contributed by atoms with E-state index in [2.05, 4.69) is 20.8 Å². The van der Waals surface area contributed by atoms with Crippen molar-refractivity contribution in [1.29, 1.82) is 0 Å². The number of carbonyl (C=O) groups excluding carboxylic acids is 2. The minimum Gasteiger partial charge on any atom is -0.349 e. The van der Waals surface area contributed by atoms with Crippen molar-refractivity contribution in [2.45, 2.75) is 32.2 Å². The highest BCUT2D eigenvalue weighted by atomic mass is 16.2. The van der Waals surface area contributed by atoms with Gasteiger partial charge in [-0.3, -0.25) is 14.7 Å². The lowest BCUT2D eigenvalue weighted by molar-refractivity contribution is -0.119. The third-order valence-corrected chi connectivity index (χ3v) is 3.91. The molecule has 0 saturated carbocycles. The van der Waals surface area contributed by atoms with Crippen LogP contribution in [0, 0.1) is 0 Å². The van der Waals surface area contributed by atoms with Gasteiger partial charge in [0.1, 0.15) is 5.82 Å². The first-order chi connectivity index (χ1) is 10.7. The number of hydrogen-bond acceptors (Lipinski definition) is 3. The summed E-state index contributed by atoms with van der Waals surface area (Å²) >= 11 is 0. The molecule has 1 fully saturated rings. The molecule has 6 nitrogen and oxygen atoms in total. The van der Waals surface area contributed by atoms with Crippen LogP contribution in [0.3, 0.4) is 0 Å². The normalized spacial score (nSPS) is 17.3. The number of amides is 2. The molecule has 1 unspecified atom stereocenters. The first kappa shape index (κ1) is 14.3. The molecule has 114 valence electrons. The number of aromatic nitrogens is 2. The summed E-state index contributed by atoms with van der Waals surface area (Å²) in [4.78, 5) is 23.5. The van der Waals surface area contributed by atoms with E-state index < -0.39 is 0 Å². The van der Waals surface area contributed by atoms with E-state index in [1.165, 1.54) is 0 Å². The van der Waals surface area contributed by atoms with E-state index >= 15 is 0 Å². The average molecular weight is 298 g/mol. The molecule has 22 heavy (non-hydrogen) atoms. The molecule has 2 heterocycles. The quantitative estimate of drug-likeness (QED) is 0.808. The number of nitrogens with one attached hydrogen (secondary N) is 3. The second kappa shape index (κ2) is 6.01. The molecule has 1 aromatic heterocycles. The zero-order valence-electron chi connectivity index (χ0n) is 12.3. The second-order valence-electron chi connectivity index (χ2n) is 5.36. The second-order valence-corrected chi connectivity index (χ2v) is 5.36. The number of rotatable bonds is 4. The fourth-order valence-corrected chi connectivity index (χ4v) is 2.60. The molecular formula is C16H18N4O2. The van der Waals surface area contributed by atoms with Gasteiger partial charge in [0.05, 0.1) is 12.2 Å². The van der Waals surface area contributed by atoms with Crippen molar-refractivity contribution in [3.8, 4) is 0 Å². The summed E-state index contributed by atoms with van der Waals surface area (Å²) in [7, 11) is 0. The predicted octanol–water partition coefficient (Wildman–Crippen LogP) is 2.18. The maximum absolute atomic E-state index is 12.2. The van der Waals surface area contributed by atoms with Gasteiger partial charge in [-0.15, -0.1) is 0 Å². The maximum Gasteiger partial charge on any atom is 0.256 e. The van der Waals surface area contributed by atoms with Crippen LogP contribution in [0.4, 0.5) is 5.82 Å². The van der Waals surface area contributed by atoms with Crippen LogP contribution < -0.4 is 10.6 Å². The first-order valence-electron chi connectivity index (χ1n) is 7.40. The van der Waals surface area contributed by atoms with Crippen LogP contribution >= 0.6 is 0 Å². The Balaban J connectivity index is 1.70. The van der Waals surface area contributed by atoms with Crippen molar-refractivity contribution in [2.24, 2.45) is 0 Å². The first-order valence-corrected chi connectivity index (χ1v) is 7.40. The molecule has 0 aliphatic carbocycles. The lowest BCUT2D eigenvalue weighted by Gasteiger charge is -2.11. The van der Waals surface area contributed by atoms with Crippen molar-refractivity contribution < 1.29 is 9.59 Å². The van der Waals surface area contributed by atoms with Crippen molar-refractivity contribution in [2.75, 3.05) is 5.32 Å². The number of benzene rings is 1. The lowest BCUT2D eigenvalue weighted by Crippen LogP contribution is -2.18. The standard InChI is InChI=1S/C16H18N4O2/c1-2-10-9-17-20-15(10)19-16(22)12-5-3-11(4-6-12)13-7-8-14(21)18-13/h3-6,9,13H,2,7-8H2,1H3,(H,18,21)(H2,17,19,20,22). The van der Waals surface area contributed by atoms with Gasteiger partial charge in [-0.2, -0.15) is 5.10 Å². The molecule has 1 saturated heterocycles. The minimum absolute atomic E-state index is 0.0592. The Morgan fingerprint density at radius 1 is 1.36 bits per heavy atom. The Labute approximate surface area is 128 Å². The van der Waals surface area contributed by atoms with Gasteiger partial charge in [-0.1, -0.05) is 19.1 Å². The van der Waals surface area contributed by atoms with Gasteiger partial charge in [0, 0.05) is 17.5 Å². The van der Waals surface area contributed by atoms with Gasteiger partial charge >= 0.3 is 0 Å². The number of anilines is 1. The Morgan fingerprint density at radius 3 is 2.77 bits per heavy atom. The molecule has 2 aromatic rings. The van der Waals surface area contributed by atoms with Gasteiger partial charge in [-0.25, -0.2) is 0 Å². The summed E-state index contributed by atoms with van der Waals surface area (Å²) in [6.07, 6.45) is 3.87. The molecule has 2 amide bonds. The summed E-state index contributed by atoms with van der Waals surface area (Å²) in [6, 6.07) is 7.38. The lowest BCUT2D eigenvalue weighted by atomic mass is 10.0. The van der Waals surface area contributed by atoms with Crippen LogP contribution in [0.25, 0.3) is 0 Å². The molecule has 1 aromatic carbocycles. The van der Waals surface area contributed by atoms with Crippen molar-refractivity contribution in [1.82, 2.24) is 15.5 Å². The van der Waals surface area contributed by atoms with Crippen LogP contribution in [0.15, 0.2) is 30.5 Å². The Morgan fingerprint density at radius 2 is 2.14 bits per heavy atom. The van der Waals surface area contributed by atoms with Gasteiger partial charge in [0.2, 0.25) is 5.91 Å². The molecule has 0 bridgehead atoms. The third kappa shape index (κ3) is 2.86. The predicted molar refractivity (Wildman–Crippen MR) is 82.5 cm³/mol. The van der Waals surface area contributed by atoms with Gasteiger partial charge < -0.3 is 10.6 Å². The largest absolute Gasteiger partial charge is 0.349 e. The molecule has 3 N–H and O–H groups in total. The highest BCUT2D eigenvalue weighted by Crippen LogP contribution is 2.24. The zero-order valence-corrected chi connectivity index (χ0v) is 12.3. The van der Waals surface area contributed by atoms with Gasteiger partial charge in [-0.05, 0) is 30.5 Å². The van der Waals surface area contributed by atoms with Crippen molar-refractivity contribution >= 4 is 17.6 Å². The monoisotopic (exact) mass is 298 g/mol. The highest BCUT2D eigenvalue weighted by molar-refractivity contribution is 6.04. The van der Waals surface area contributed by atoms with E-state index in [9.17, 15) is 9.59 Å². The summed E-state index contributed by atoms with van der Waals surface area (Å²) in [5.41, 5.74) is 2.57. The van der Waals surface area contributed by atoms with E-state index in [-0.39, 0.29) is 17.9 Å². The Bertz CT molecular complexity index is 690. The number of nitrogens with zero attached hydrogens (tertiary/aromatic N) is 1. The summed E-state index contributed by atoms with van der Waals surface area (Å²) in [5.74, 6) is 0.541. The maximum atomic E-state index is 12.2. The van der Waals surface area contributed by atoms with E-state index in [0.29, 0.717) is 17.8 Å². The molecule has 0 radical (unpaired) electrons. The van der Waals surface area contributed by atoms with Crippen LogP contribution in [-0.4, -0.2) is 22.0 Å². The van der Waals surface area contributed by atoms with E-state index in [1.54, 1.807) is 18.3 Å². The number of hydrogen-bond donors (Lipinski definition) is 3. The Kier molecular flexibility index (Phi) is 3.91. The van der Waals surface area contributed by atoms with Gasteiger partial charge in [0.25, 0.3) is 5.91 Å². The fraction of sp³-hybridized carbons (Fsp3) is 0.312.